The van der Waals surface area contributed by atoms with Crippen molar-refractivity contribution in [3.05, 3.63) is 0 Å². The summed E-state index contributed by atoms with van der Waals surface area (Å²) in [5.41, 5.74) is -0.549. The Morgan fingerprint density at radius 3 is 2.27 bits per heavy atom. The van der Waals surface area contributed by atoms with Crippen LogP contribution in [0.4, 0.5) is 0 Å². The molecule has 1 unspecified atom stereocenters. The van der Waals surface area contributed by atoms with Gasteiger partial charge < -0.3 is 19.5 Å². The van der Waals surface area contributed by atoms with Gasteiger partial charge in [0.2, 0.25) is 0 Å². The molecular formula is C9H20NO4P. The van der Waals surface area contributed by atoms with Crippen LogP contribution in [0.1, 0.15) is 20.3 Å². The summed E-state index contributed by atoms with van der Waals surface area (Å²) in [5, 5.41) is 12.3. The SMILES string of the molecule is COP(=O)(OC)C1(O)CCNCC1(C)C. The zero-order valence-electron chi connectivity index (χ0n) is 9.74. The lowest BCUT2D eigenvalue weighted by molar-refractivity contribution is -0.0413. The summed E-state index contributed by atoms with van der Waals surface area (Å²) < 4.78 is 22.2. The van der Waals surface area contributed by atoms with Crippen LogP contribution < -0.4 is 5.32 Å². The highest BCUT2D eigenvalue weighted by atomic mass is 31.2. The van der Waals surface area contributed by atoms with Gasteiger partial charge in [-0.3, -0.25) is 4.57 Å². The summed E-state index contributed by atoms with van der Waals surface area (Å²) in [7, 11) is -0.863. The number of nitrogens with one attached hydrogen (secondary N) is 1. The average Bonchev–Trinajstić information content (AvgIpc) is 2.21. The number of piperidine rings is 1. The topological polar surface area (TPSA) is 67.8 Å². The summed E-state index contributed by atoms with van der Waals surface area (Å²) in [4.78, 5) is 0. The van der Waals surface area contributed by atoms with Gasteiger partial charge in [-0.05, 0) is 6.54 Å². The number of hydrogen-bond donors (Lipinski definition) is 2. The largest absolute Gasteiger partial charge is 0.377 e. The molecule has 1 fully saturated rings. The van der Waals surface area contributed by atoms with Gasteiger partial charge in [-0.15, -0.1) is 0 Å². The highest BCUT2D eigenvalue weighted by Crippen LogP contribution is 2.65. The van der Waals surface area contributed by atoms with Gasteiger partial charge in [-0.25, -0.2) is 0 Å². The van der Waals surface area contributed by atoms with Crippen molar-refractivity contribution in [2.45, 2.75) is 25.6 Å². The molecule has 6 heteroatoms. The third kappa shape index (κ3) is 1.87. The molecule has 90 valence electrons. The molecular weight excluding hydrogens is 217 g/mol. The first-order valence-corrected chi connectivity index (χ1v) is 6.52. The van der Waals surface area contributed by atoms with E-state index in [2.05, 4.69) is 5.32 Å². The third-order valence-corrected chi connectivity index (χ3v) is 5.93. The van der Waals surface area contributed by atoms with Crippen molar-refractivity contribution in [2.24, 2.45) is 5.41 Å². The van der Waals surface area contributed by atoms with Crippen molar-refractivity contribution in [1.82, 2.24) is 5.32 Å². The van der Waals surface area contributed by atoms with Crippen LogP contribution in [-0.4, -0.2) is 37.8 Å². The molecule has 0 aromatic carbocycles. The Kier molecular flexibility index (Phi) is 3.63. The maximum absolute atomic E-state index is 12.3. The Bertz CT molecular complexity index is 273. The van der Waals surface area contributed by atoms with Gasteiger partial charge in [0.05, 0.1) is 0 Å². The summed E-state index contributed by atoms with van der Waals surface area (Å²) in [5.74, 6) is 0. The highest BCUT2D eigenvalue weighted by molar-refractivity contribution is 7.55. The van der Waals surface area contributed by atoms with E-state index in [0.717, 1.165) is 0 Å². The van der Waals surface area contributed by atoms with Gasteiger partial charge in [0.15, 0.2) is 5.34 Å². The number of aliphatic hydroxyl groups is 1. The second-order valence-electron chi connectivity index (χ2n) is 4.49. The summed E-state index contributed by atoms with van der Waals surface area (Å²) >= 11 is 0. The van der Waals surface area contributed by atoms with Crippen molar-refractivity contribution in [3.8, 4) is 0 Å². The van der Waals surface area contributed by atoms with Gasteiger partial charge in [0, 0.05) is 32.6 Å². The minimum atomic E-state index is -3.47. The monoisotopic (exact) mass is 237 g/mol. The van der Waals surface area contributed by atoms with E-state index < -0.39 is 18.4 Å². The van der Waals surface area contributed by atoms with Gasteiger partial charge in [-0.2, -0.15) is 0 Å². The summed E-state index contributed by atoms with van der Waals surface area (Å²) in [6, 6.07) is 0. The molecule has 1 heterocycles. The fraction of sp³-hybridized carbons (Fsp3) is 1.00. The van der Waals surface area contributed by atoms with Crippen LogP contribution in [0.5, 0.6) is 0 Å². The second kappa shape index (κ2) is 4.15. The molecule has 1 aliphatic heterocycles. The normalized spacial score (nSPS) is 31.5. The number of rotatable bonds is 3. The van der Waals surface area contributed by atoms with E-state index in [4.69, 9.17) is 9.05 Å². The molecule has 1 rings (SSSR count). The summed E-state index contributed by atoms with van der Waals surface area (Å²) in [6.07, 6.45) is 0.360. The van der Waals surface area contributed by atoms with E-state index >= 15 is 0 Å². The predicted octanol–water partition coefficient (Wildman–Crippen LogP) is 1.18. The molecule has 0 aliphatic carbocycles. The maximum Gasteiger partial charge on any atom is 0.362 e. The maximum atomic E-state index is 12.3. The minimum Gasteiger partial charge on any atom is -0.377 e. The molecule has 2 N–H and O–H groups in total. The van der Waals surface area contributed by atoms with Crippen LogP contribution >= 0.6 is 7.60 Å². The van der Waals surface area contributed by atoms with Crippen LogP contribution in [-0.2, 0) is 13.6 Å². The smallest absolute Gasteiger partial charge is 0.362 e. The lowest BCUT2D eigenvalue weighted by Crippen LogP contribution is -2.56. The van der Waals surface area contributed by atoms with Crippen molar-refractivity contribution in [1.29, 1.82) is 0 Å². The highest BCUT2D eigenvalue weighted by Gasteiger charge is 2.59. The quantitative estimate of drug-likeness (QED) is 0.721. The molecule has 0 bridgehead atoms. The molecule has 15 heavy (non-hydrogen) atoms. The standard InChI is InChI=1S/C9H20NO4P/c1-8(2)7-10-6-5-9(8,11)15(12,13-3)14-4/h10-11H,5-7H2,1-4H3. The summed E-state index contributed by atoms with van der Waals surface area (Å²) in [6.45, 7) is 4.89. The first kappa shape index (κ1) is 13.1. The van der Waals surface area contributed by atoms with Crippen molar-refractivity contribution in [3.63, 3.8) is 0 Å². The van der Waals surface area contributed by atoms with Crippen LogP contribution in [0.3, 0.4) is 0 Å². The molecule has 5 nitrogen and oxygen atoms in total. The van der Waals surface area contributed by atoms with Gasteiger partial charge in [-0.1, -0.05) is 13.8 Å². The van der Waals surface area contributed by atoms with E-state index in [9.17, 15) is 9.67 Å². The Morgan fingerprint density at radius 1 is 1.33 bits per heavy atom. The second-order valence-corrected chi connectivity index (χ2v) is 6.95. The lowest BCUT2D eigenvalue weighted by atomic mass is 9.81. The van der Waals surface area contributed by atoms with E-state index in [1.54, 1.807) is 0 Å². The third-order valence-electron chi connectivity index (χ3n) is 3.23. The molecule has 0 aromatic heterocycles. The lowest BCUT2D eigenvalue weighted by Gasteiger charge is -2.48. The van der Waals surface area contributed by atoms with Crippen molar-refractivity contribution >= 4 is 7.60 Å². The van der Waals surface area contributed by atoms with Gasteiger partial charge >= 0.3 is 7.60 Å². The average molecular weight is 237 g/mol. The van der Waals surface area contributed by atoms with E-state index in [1.165, 1.54) is 14.2 Å². The van der Waals surface area contributed by atoms with Crippen molar-refractivity contribution < 1.29 is 18.7 Å². The Morgan fingerprint density at radius 2 is 1.87 bits per heavy atom. The fourth-order valence-corrected chi connectivity index (χ4v) is 3.99. The molecule has 0 amide bonds. The van der Waals surface area contributed by atoms with Crippen molar-refractivity contribution in [2.75, 3.05) is 27.3 Å². The molecule has 0 saturated carbocycles. The first-order chi connectivity index (χ1) is 6.83. The van der Waals surface area contributed by atoms with Crippen LogP contribution in [0.25, 0.3) is 0 Å². The molecule has 1 atom stereocenters. The zero-order valence-corrected chi connectivity index (χ0v) is 10.6. The number of hydrogen-bond acceptors (Lipinski definition) is 5. The Balaban J connectivity index is 3.12. The molecule has 1 saturated heterocycles. The molecule has 0 aromatic rings. The van der Waals surface area contributed by atoms with Crippen LogP contribution in [0.15, 0.2) is 0 Å². The van der Waals surface area contributed by atoms with Gasteiger partial charge in [0.1, 0.15) is 0 Å². The van der Waals surface area contributed by atoms with E-state index in [-0.39, 0.29) is 0 Å². The van der Waals surface area contributed by atoms with Gasteiger partial charge in [0.25, 0.3) is 0 Å². The minimum absolute atomic E-state index is 0.360. The molecule has 0 radical (unpaired) electrons. The van der Waals surface area contributed by atoms with E-state index in [0.29, 0.717) is 19.5 Å². The molecule has 0 spiro atoms. The molecule has 1 aliphatic rings. The Hall–Kier alpha value is 0.0700. The Labute approximate surface area is 90.7 Å². The first-order valence-electron chi connectivity index (χ1n) is 4.98. The fourth-order valence-electron chi connectivity index (χ4n) is 2.03. The zero-order chi connectivity index (χ0) is 11.7. The van der Waals surface area contributed by atoms with E-state index in [1.807, 2.05) is 13.8 Å². The predicted molar refractivity (Wildman–Crippen MR) is 57.8 cm³/mol. The van der Waals surface area contributed by atoms with Crippen LogP contribution in [0.2, 0.25) is 0 Å². The van der Waals surface area contributed by atoms with Crippen LogP contribution in [0, 0.1) is 5.41 Å².